The van der Waals surface area contributed by atoms with Gasteiger partial charge < -0.3 is 18.9 Å². The Bertz CT molecular complexity index is 1530. The predicted octanol–water partition coefficient (Wildman–Crippen LogP) is 7.35. The summed E-state index contributed by atoms with van der Waals surface area (Å²) in [4.78, 5) is 14.4. The van der Waals surface area contributed by atoms with Gasteiger partial charge in [0.05, 0.1) is 34.6 Å². The molecule has 1 saturated heterocycles. The first-order chi connectivity index (χ1) is 19.0. The number of esters is 1. The van der Waals surface area contributed by atoms with Gasteiger partial charge in [0.15, 0.2) is 5.69 Å². The van der Waals surface area contributed by atoms with Gasteiger partial charge in [-0.1, -0.05) is 34.4 Å². The fourth-order valence-corrected chi connectivity index (χ4v) is 7.58. The molecule has 2 aromatic carbocycles. The standard InChI is InChI=1S/C29H27Cl2N3O4S/c1-36-29(35)27-20-8-7-18(11-24(20)39-33-27)34-12-16-9-19(10-17(16)13-34)37-14-21-26(32-38-28(21)15-5-6-15)25-22(30)3-2-4-23(25)31/h2-4,7-8,11,15-17,19H,5-6,9-10,12-14H2,1H3/t16-,17?,19?/m1/s1. The van der Waals surface area contributed by atoms with E-state index in [2.05, 4.69) is 26.6 Å². The molecule has 10 heteroatoms. The number of fused-ring (bicyclic) bond motifs is 2. The van der Waals surface area contributed by atoms with Crippen molar-refractivity contribution in [2.45, 2.75) is 44.3 Å². The van der Waals surface area contributed by atoms with Crippen LogP contribution in [0.3, 0.4) is 0 Å². The van der Waals surface area contributed by atoms with E-state index in [-0.39, 0.29) is 6.10 Å². The highest BCUT2D eigenvalue weighted by Gasteiger charge is 2.42. The molecule has 4 aromatic rings. The van der Waals surface area contributed by atoms with Gasteiger partial charge in [0.1, 0.15) is 11.5 Å². The monoisotopic (exact) mass is 583 g/mol. The third-order valence-electron chi connectivity index (χ3n) is 8.34. The summed E-state index contributed by atoms with van der Waals surface area (Å²) in [5.41, 5.74) is 3.96. The highest BCUT2D eigenvalue weighted by Crippen LogP contribution is 2.47. The van der Waals surface area contributed by atoms with Crippen LogP contribution in [0.15, 0.2) is 40.9 Å². The average molecular weight is 585 g/mol. The molecule has 7 rings (SSSR count). The molecular weight excluding hydrogens is 557 g/mol. The van der Waals surface area contributed by atoms with Gasteiger partial charge in [0.2, 0.25) is 0 Å². The number of methoxy groups -OCH3 is 1. The summed E-state index contributed by atoms with van der Waals surface area (Å²) >= 11 is 14.4. The van der Waals surface area contributed by atoms with Crippen LogP contribution in [0.4, 0.5) is 5.69 Å². The van der Waals surface area contributed by atoms with E-state index < -0.39 is 5.97 Å². The van der Waals surface area contributed by atoms with Crippen LogP contribution in [-0.4, -0.2) is 41.8 Å². The molecule has 2 aliphatic carbocycles. The average Bonchev–Trinajstić information content (AvgIpc) is 3.24. The molecule has 2 saturated carbocycles. The number of aromatic nitrogens is 2. The lowest BCUT2D eigenvalue weighted by Crippen LogP contribution is -2.23. The van der Waals surface area contributed by atoms with Crippen LogP contribution >= 0.6 is 34.7 Å². The molecule has 3 fully saturated rings. The van der Waals surface area contributed by atoms with E-state index >= 15 is 0 Å². The van der Waals surface area contributed by atoms with Crippen molar-refractivity contribution in [1.82, 2.24) is 9.53 Å². The van der Waals surface area contributed by atoms with Crippen LogP contribution in [0.2, 0.25) is 10.0 Å². The molecule has 3 atom stereocenters. The molecule has 3 aliphatic rings. The van der Waals surface area contributed by atoms with E-state index in [1.54, 1.807) is 0 Å². The molecule has 7 nitrogen and oxygen atoms in total. The summed E-state index contributed by atoms with van der Waals surface area (Å²) in [6.45, 7) is 2.45. The summed E-state index contributed by atoms with van der Waals surface area (Å²) in [7, 11) is 1.38. The third kappa shape index (κ3) is 4.61. The predicted molar refractivity (Wildman–Crippen MR) is 152 cm³/mol. The number of ether oxygens (including phenoxy) is 2. The number of halogens is 2. The van der Waals surface area contributed by atoms with Crippen LogP contribution in [0.1, 0.15) is 53.4 Å². The van der Waals surface area contributed by atoms with Crippen LogP contribution in [0.5, 0.6) is 0 Å². The highest BCUT2D eigenvalue weighted by atomic mass is 35.5. The van der Waals surface area contributed by atoms with Gasteiger partial charge >= 0.3 is 5.97 Å². The minimum absolute atomic E-state index is 0.199. The molecule has 39 heavy (non-hydrogen) atoms. The second kappa shape index (κ2) is 10.1. The Hall–Kier alpha value is -2.65. The lowest BCUT2D eigenvalue weighted by atomic mass is 10.0. The zero-order chi connectivity index (χ0) is 26.7. The first kappa shape index (κ1) is 25.3. The van der Waals surface area contributed by atoms with E-state index in [1.165, 1.54) is 24.3 Å². The van der Waals surface area contributed by atoms with Gasteiger partial charge in [0.25, 0.3) is 0 Å². The number of carbonyl (C=O) groups is 1. The van der Waals surface area contributed by atoms with Gasteiger partial charge in [-0.3, -0.25) is 0 Å². The fourth-order valence-electron chi connectivity index (χ4n) is 6.21. The van der Waals surface area contributed by atoms with Crippen molar-refractivity contribution in [3.63, 3.8) is 0 Å². The molecule has 3 heterocycles. The van der Waals surface area contributed by atoms with Crippen LogP contribution in [-0.2, 0) is 16.1 Å². The lowest BCUT2D eigenvalue weighted by Gasteiger charge is -2.21. The van der Waals surface area contributed by atoms with Crippen LogP contribution < -0.4 is 4.90 Å². The molecule has 0 N–H and O–H groups in total. The molecule has 2 aromatic heterocycles. The summed E-state index contributed by atoms with van der Waals surface area (Å²) in [6.07, 6.45) is 4.48. The van der Waals surface area contributed by atoms with Crippen molar-refractivity contribution >= 4 is 56.5 Å². The maximum absolute atomic E-state index is 12.0. The van der Waals surface area contributed by atoms with Gasteiger partial charge in [-0.15, -0.1) is 0 Å². The zero-order valence-corrected chi connectivity index (χ0v) is 23.7. The second-order valence-corrected chi connectivity index (χ2v) is 12.4. The molecule has 0 radical (unpaired) electrons. The number of benzene rings is 2. The van der Waals surface area contributed by atoms with Crippen molar-refractivity contribution in [1.29, 1.82) is 0 Å². The topological polar surface area (TPSA) is 77.7 Å². The number of rotatable bonds is 7. The van der Waals surface area contributed by atoms with E-state index in [4.69, 9.17) is 37.2 Å². The minimum Gasteiger partial charge on any atom is -0.464 e. The van der Waals surface area contributed by atoms with Gasteiger partial charge in [0, 0.05) is 41.2 Å². The number of carbonyl (C=O) groups excluding carboxylic acids is 1. The molecule has 0 bridgehead atoms. The van der Waals surface area contributed by atoms with Gasteiger partial charge in [-0.05, 0) is 79.4 Å². The van der Waals surface area contributed by atoms with Crippen molar-refractivity contribution < 1.29 is 18.8 Å². The Morgan fingerprint density at radius 3 is 2.56 bits per heavy atom. The van der Waals surface area contributed by atoms with Crippen molar-refractivity contribution in [2.24, 2.45) is 11.8 Å². The Balaban J connectivity index is 1.03. The summed E-state index contributed by atoms with van der Waals surface area (Å²) in [5, 5.41) is 6.37. The number of hydrogen-bond donors (Lipinski definition) is 0. The van der Waals surface area contributed by atoms with Crippen LogP contribution in [0, 0.1) is 11.8 Å². The fraction of sp³-hybridized carbons (Fsp3) is 0.414. The Morgan fingerprint density at radius 1 is 1.13 bits per heavy atom. The molecule has 1 aliphatic heterocycles. The lowest BCUT2D eigenvalue weighted by molar-refractivity contribution is 0.0403. The second-order valence-electron chi connectivity index (χ2n) is 10.8. The van der Waals surface area contributed by atoms with Crippen molar-refractivity contribution in [3.8, 4) is 11.3 Å². The van der Waals surface area contributed by atoms with E-state index in [0.717, 1.165) is 60.2 Å². The third-order valence-corrected chi connectivity index (χ3v) is 9.78. The van der Waals surface area contributed by atoms with Gasteiger partial charge in [-0.25, -0.2) is 4.79 Å². The maximum atomic E-state index is 12.0. The molecular formula is C29H27Cl2N3O4S. The van der Waals surface area contributed by atoms with Gasteiger partial charge in [-0.2, -0.15) is 4.37 Å². The van der Waals surface area contributed by atoms with Crippen molar-refractivity contribution in [2.75, 3.05) is 25.1 Å². The maximum Gasteiger partial charge on any atom is 0.358 e. The quantitative estimate of drug-likeness (QED) is 0.210. The molecule has 2 unspecified atom stereocenters. The Morgan fingerprint density at radius 2 is 1.87 bits per heavy atom. The normalized spacial score (nSPS) is 22.5. The van der Waals surface area contributed by atoms with Crippen LogP contribution in [0.25, 0.3) is 21.3 Å². The Kier molecular flexibility index (Phi) is 6.54. The smallest absolute Gasteiger partial charge is 0.358 e. The SMILES string of the molecule is COC(=O)c1nsc2cc(N3CC4CC(OCc5c(-c6c(Cl)cccc6Cl)noc5C5CC5)C[C@@H]4C3)ccc12. The summed E-state index contributed by atoms with van der Waals surface area (Å²) in [5.74, 6) is 2.09. The first-order valence-corrected chi connectivity index (χ1v) is 14.8. The number of hydrogen-bond acceptors (Lipinski definition) is 8. The Labute approximate surface area is 240 Å². The first-order valence-electron chi connectivity index (χ1n) is 13.3. The number of nitrogens with zero attached hydrogens (tertiary/aromatic N) is 3. The highest BCUT2D eigenvalue weighted by molar-refractivity contribution is 7.13. The summed E-state index contributed by atoms with van der Waals surface area (Å²) in [6, 6.07) is 11.7. The molecule has 0 spiro atoms. The van der Waals surface area contributed by atoms with E-state index in [0.29, 0.717) is 51.4 Å². The van der Waals surface area contributed by atoms with E-state index in [1.807, 2.05) is 24.3 Å². The van der Waals surface area contributed by atoms with E-state index in [9.17, 15) is 4.79 Å². The molecule has 0 amide bonds. The minimum atomic E-state index is -0.395. The zero-order valence-electron chi connectivity index (χ0n) is 21.4. The van der Waals surface area contributed by atoms with Crippen molar-refractivity contribution in [3.05, 3.63) is 63.5 Å². The number of anilines is 1. The summed E-state index contributed by atoms with van der Waals surface area (Å²) < 4.78 is 22.5. The largest absolute Gasteiger partial charge is 0.464 e. The molecule has 202 valence electrons.